The quantitative estimate of drug-likeness (QED) is 0.653. The Labute approximate surface area is 167 Å². The molecular weight excluding hydrogens is 356 g/mol. The Hall–Kier alpha value is -2.73. The summed E-state index contributed by atoms with van der Waals surface area (Å²) in [5.74, 6) is 2.07. The molecule has 1 unspecified atom stereocenters. The van der Waals surface area contributed by atoms with Crippen LogP contribution in [-0.4, -0.2) is 39.8 Å². The molecule has 0 radical (unpaired) electrons. The molecule has 0 aliphatic heterocycles. The molecule has 152 valence electrons. The van der Waals surface area contributed by atoms with Gasteiger partial charge in [-0.3, -0.25) is 4.79 Å². The van der Waals surface area contributed by atoms with E-state index in [4.69, 9.17) is 14.2 Å². The van der Waals surface area contributed by atoms with Gasteiger partial charge in [0.1, 0.15) is 17.2 Å². The minimum Gasteiger partial charge on any atom is -0.497 e. The van der Waals surface area contributed by atoms with Crippen LogP contribution in [0.3, 0.4) is 0 Å². The van der Waals surface area contributed by atoms with Gasteiger partial charge in [-0.15, -0.1) is 0 Å². The van der Waals surface area contributed by atoms with Crippen LogP contribution in [0.15, 0.2) is 36.4 Å². The maximum Gasteiger partial charge on any atom is 0.226 e. The number of nitrogens with one attached hydrogen (secondary N) is 2. The average molecular weight is 386 g/mol. The lowest BCUT2D eigenvalue weighted by atomic mass is 10.1. The summed E-state index contributed by atoms with van der Waals surface area (Å²) in [6, 6.07) is 11.5. The van der Waals surface area contributed by atoms with Crippen LogP contribution < -0.4 is 24.8 Å². The van der Waals surface area contributed by atoms with Crippen molar-refractivity contribution in [1.82, 2.24) is 5.32 Å². The Morgan fingerprint density at radius 3 is 2.43 bits per heavy atom. The molecule has 0 fully saturated rings. The maximum absolute atomic E-state index is 12.4. The number of amides is 1. The lowest BCUT2D eigenvalue weighted by Gasteiger charge is -2.16. The van der Waals surface area contributed by atoms with Gasteiger partial charge in [-0.25, -0.2) is 0 Å². The van der Waals surface area contributed by atoms with Gasteiger partial charge in [0.2, 0.25) is 5.91 Å². The summed E-state index contributed by atoms with van der Waals surface area (Å²) in [4.78, 5) is 12.4. The Bertz CT molecular complexity index is 792. The standard InChI is InChI=1S/C22H30N2O4/c1-15-6-9-20(27-4)17(12-15)10-11-23-16(2)13-22(25)24-19-8-7-18(26-3)14-21(19)28-5/h6-9,12,14,16,23H,10-11,13H2,1-5H3,(H,24,25). The summed E-state index contributed by atoms with van der Waals surface area (Å²) in [5, 5.41) is 6.30. The second-order valence-corrected chi connectivity index (χ2v) is 6.74. The van der Waals surface area contributed by atoms with Gasteiger partial charge in [0.15, 0.2) is 0 Å². The highest BCUT2D eigenvalue weighted by Gasteiger charge is 2.12. The van der Waals surface area contributed by atoms with Gasteiger partial charge in [-0.05, 0) is 50.6 Å². The number of aryl methyl sites for hydroxylation is 1. The fraction of sp³-hybridized carbons (Fsp3) is 0.409. The highest BCUT2D eigenvalue weighted by atomic mass is 16.5. The first-order valence-electron chi connectivity index (χ1n) is 9.35. The maximum atomic E-state index is 12.4. The first-order chi connectivity index (χ1) is 13.5. The zero-order valence-electron chi connectivity index (χ0n) is 17.3. The molecule has 0 saturated heterocycles. The second-order valence-electron chi connectivity index (χ2n) is 6.74. The average Bonchev–Trinajstić information content (AvgIpc) is 2.68. The van der Waals surface area contributed by atoms with Crippen molar-refractivity contribution in [3.05, 3.63) is 47.5 Å². The van der Waals surface area contributed by atoms with Gasteiger partial charge in [-0.2, -0.15) is 0 Å². The van der Waals surface area contributed by atoms with E-state index < -0.39 is 0 Å². The third-order valence-electron chi connectivity index (χ3n) is 4.50. The summed E-state index contributed by atoms with van der Waals surface area (Å²) >= 11 is 0. The Balaban J connectivity index is 1.84. The highest BCUT2D eigenvalue weighted by molar-refractivity contribution is 5.92. The predicted molar refractivity (Wildman–Crippen MR) is 112 cm³/mol. The van der Waals surface area contributed by atoms with E-state index in [1.807, 2.05) is 19.1 Å². The molecule has 2 rings (SSSR count). The van der Waals surface area contributed by atoms with Crippen LogP contribution >= 0.6 is 0 Å². The minimum atomic E-state index is -0.0726. The van der Waals surface area contributed by atoms with Gasteiger partial charge in [0.25, 0.3) is 0 Å². The number of anilines is 1. The predicted octanol–water partition coefficient (Wildman–Crippen LogP) is 3.57. The normalized spacial score (nSPS) is 11.6. The molecule has 0 spiro atoms. The number of benzene rings is 2. The van der Waals surface area contributed by atoms with Gasteiger partial charge >= 0.3 is 0 Å². The van der Waals surface area contributed by atoms with Crippen LogP contribution in [0.5, 0.6) is 17.2 Å². The van der Waals surface area contributed by atoms with E-state index in [2.05, 4.69) is 23.6 Å². The number of carbonyl (C=O) groups is 1. The summed E-state index contributed by atoms with van der Waals surface area (Å²) in [7, 11) is 4.84. The van der Waals surface area contributed by atoms with Crippen molar-refractivity contribution in [3.63, 3.8) is 0 Å². The Morgan fingerprint density at radius 2 is 1.75 bits per heavy atom. The molecule has 0 aliphatic rings. The molecule has 0 bridgehead atoms. The third kappa shape index (κ3) is 6.16. The van der Waals surface area contributed by atoms with Crippen LogP contribution in [0, 0.1) is 6.92 Å². The molecular formula is C22H30N2O4. The zero-order valence-corrected chi connectivity index (χ0v) is 17.3. The molecule has 0 aliphatic carbocycles. The van der Waals surface area contributed by atoms with E-state index in [-0.39, 0.29) is 11.9 Å². The lowest BCUT2D eigenvalue weighted by Crippen LogP contribution is -2.32. The minimum absolute atomic E-state index is 0.0417. The molecule has 1 atom stereocenters. The zero-order chi connectivity index (χ0) is 20.5. The van der Waals surface area contributed by atoms with Crippen LogP contribution in [0.2, 0.25) is 0 Å². The van der Waals surface area contributed by atoms with E-state index in [1.54, 1.807) is 39.5 Å². The molecule has 0 saturated carbocycles. The second kappa shape index (κ2) is 10.6. The van der Waals surface area contributed by atoms with Crippen molar-refractivity contribution in [2.75, 3.05) is 33.2 Å². The van der Waals surface area contributed by atoms with Crippen molar-refractivity contribution < 1.29 is 19.0 Å². The molecule has 28 heavy (non-hydrogen) atoms. The Morgan fingerprint density at radius 1 is 1.00 bits per heavy atom. The monoisotopic (exact) mass is 386 g/mol. The van der Waals surface area contributed by atoms with Crippen LogP contribution in [-0.2, 0) is 11.2 Å². The first-order valence-corrected chi connectivity index (χ1v) is 9.35. The fourth-order valence-corrected chi connectivity index (χ4v) is 3.01. The molecule has 2 aromatic rings. The van der Waals surface area contributed by atoms with Crippen LogP contribution in [0.4, 0.5) is 5.69 Å². The molecule has 1 amide bonds. The molecule has 2 N–H and O–H groups in total. The first kappa shape index (κ1) is 21.6. The topological polar surface area (TPSA) is 68.8 Å². The summed E-state index contributed by atoms with van der Waals surface area (Å²) in [6.45, 7) is 4.83. The third-order valence-corrected chi connectivity index (χ3v) is 4.50. The van der Waals surface area contributed by atoms with Crippen molar-refractivity contribution in [2.24, 2.45) is 0 Å². The smallest absolute Gasteiger partial charge is 0.226 e. The summed E-state index contributed by atoms with van der Waals surface area (Å²) in [5.41, 5.74) is 3.00. The number of rotatable bonds is 10. The van der Waals surface area contributed by atoms with Crippen LogP contribution in [0.25, 0.3) is 0 Å². The van der Waals surface area contributed by atoms with Crippen molar-refractivity contribution >= 4 is 11.6 Å². The molecule has 0 aromatic heterocycles. The van der Waals surface area contributed by atoms with E-state index in [9.17, 15) is 4.79 Å². The largest absolute Gasteiger partial charge is 0.497 e. The fourth-order valence-electron chi connectivity index (χ4n) is 3.01. The summed E-state index contributed by atoms with van der Waals surface area (Å²) in [6.07, 6.45) is 1.20. The number of carbonyl (C=O) groups excluding carboxylic acids is 1. The van der Waals surface area contributed by atoms with Crippen molar-refractivity contribution in [2.45, 2.75) is 32.7 Å². The highest BCUT2D eigenvalue weighted by Crippen LogP contribution is 2.29. The number of hydrogen-bond donors (Lipinski definition) is 2. The Kier molecular flexibility index (Phi) is 8.14. The van der Waals surface area contributed by atoms with Crippen LogP contribution in [0.1, 0.15) is 24.5 Å². The lowest BCUT2D eigenvalue weighted by molar-refractivity contribution is -0.116. The van der Waals surface area contributed by atoms with Gasteiger partial charge in [0.05, 0.1) is 27.0 Å². The van der Waals surface area contributed by atoms with E-state index in [0.29, 0.717) is 23.6 Å². The molecule has 0 heterocycles. The molecule has 6 heteroatoms. The van der Waals surface area contributed by atoms with Crippen molar-refractivity contribution in [3.8, 4) is 17.2 Å². The van der Waals surface area contributed by atoms with E-state index >= 15 is 0 Å². The number of ether oxygens (including phenoxy) is 3. The van der Waals surface area contributed by atoms with E-state index in [0.717, 1.165) is 24.3 Å². The van der Waals surface area contributed by atoms with E-state index in [1.165, 1.54) is 5.56 Å². The van der Waals surface area contributed by atoms with Gasteiger partial charge < -0.3 is 24.8 Å². The van der Waals surface area contributed by atoms with Crippen molar-refractivity contribution in [1.29, 1.82) is 0 Å². The molecule has 2 aromatic carbocycles. The van der Waals surface area contributed by atoms with Gasteiger partial charge in [-0.1, -0.05) is 17.7 Å². The number of methoxy groups -OCH3 is 3. The van der Waals surface area contributed by atoms with Gasteiger partial charge in [0, 0.05) is 18.5 Å². The molecule has 6 nitrogen and oxygen atoms in total. The SMILES string of the molecule is COc1ccc(NC(=O)CC(C)NCCc2cc(C)ccc2OC)c(OC)c1. The number of hydrogen-bond acceptors (Lipinski definition) is 5. The summed E-state index contributed by atoms with van der Waals surface area (Å²) < 4.78 is 15.9.